The minimum absolute atomic E-state index is 0.228. The van der Waals surface area contributed by atoms with Crippen LogP contribution in [0, 0.1) is 0 Å². The number of hydrogen-bond acceptors (Lipinski definition) is 4. The molecule has 0 unspecified atom stereocenters. The van der Waals surface area contributed by atoms with Gasteiger partial charge in [0.2, 0.25) is 0 Å². The Morgan fingerprint density at radius 1 is 1.21 bits per heavy atom. The van der Waals surface area contributed by atoms with Gasteiger partial charge in [-0.2, -0.15) is 5.10 Å². The maximum Gasteiger partial charge on any atom is 0.291 e. The fourth-order valence-electron chi connectivity index (χ4n) is 1.33. The van der Waals surface area contributed by atoms with Crippen LogP contribution in [-0.2, 0) is 0 Å². The summed E-state index contributed by atoms with van der Waals surface area (Å²) < 4.78 is 0. The molecule has 2 aromatic rings. The predicted octanol–water partition coefficient (Wildman–Crippen LogP) is 1.91. The Morgan fingerprint density at radius 3 is 2.79 bits per heavy atom. The van der Waals surface area contributed by atoms with Gasteiger partial charge < -0.3 is 0 Å². The number of hydrazone groups is 1. The SMILES string of the molecule is O=C(NN=C/C=C/c1ccccc1)c1cnccn1. The second-order valence-electron chi connectivity index (χ2n) is 3.58. The van der Waals surface area contributed by atoms with E-state index >= 15 is 0 Å². The number of nitrogens with zero attached hydrogens (tertiary/aromatic N) is 3. The molecular formula is C14H12N4O. The molecule has 5 nitrogen and oxygen atoms in total. The van der Waals surface area contributed by atoms with E-state index in [1.807, 2.05) is 36.4 Å². The molecule has 0 radical (unpaired) electrons. The fourth-order valence-corrected chi connectivity index (χ4v) is 1.33. The fraction of sp³-hybridized carbons (Fsp3) is 0. The molecule has 1 N–H and O–H groups in total. The molecule has 0 atom stereocenters. The third kappa shape index (κ3) is 4.16. The maximum absolute atomic E-state index is 11.5. The van der Waals surface area contributed by atoms with Gasteiger partial charge >= 0.3 is 0 Å². The van der Waals surface area contributed by atoms with Crippen molar-refractivity contribution >= 4 is 18.2 Å². The van der Waals surface area contributed by atoms with Crippen LogP contribution in [0.25, 0.3) is 6.08 Å². The molecule has 1 aromatic heterocycles. The highest BCUT2D eigenvalue weighted by atomic mass is 16.2. The van der Waals surface area contributed by atoms with Crippen LogP contribution < -0.4 is 5.43 Å². The summed E-state index contributed by atoms with van der Waals surface area (Å²) in [6.07, 6.45) is 9.47. The van der Waals surface area contributed by atoms with Crippen LogP contribution in [0.3, 0.4) is 0 Å². The van der Waals surface area contributed by atoms with Crippen molar-refractivity contribution in [2.45, 2.75) is 0 Å². The van der Waals surface area contributed by atoms with E-state index in [4.69, 9.17) is 0 Å². The number of nitrogens with one attached hydrogen (secondary N) is 1. The lowest BCUT2D eigenvalue weighted by molar-refractivity contribution is 0.0950. The highest BCUT2D eigenvalue weighted by Crippen LogP contribution is 1.99. The van der Waals surface area contributed by atoms with Crippen LogP contribution in [0.1, 0.15) is 16.1 Å². The van der Waals surface area contributed by atoms with Gasteiger partial charge in [-0.1, -0.05) is 36.4 Å². The quantitative estimate of drug-likeness (QED) is 0.667. The van der Waals surface area contributed by atoms with E-state index in [0.717, 1.165) is 5.56 Å². The van der Waals surface area contributed by atoms with Crippen LogP contribution in [0.15, 0.2) is 60.1 Å². The van der Waals surface area contributed by atoms with Gasteiger partial charge in [-0.3, -0.25) is 9.78 Å². The minimum atomic E-state index is -0.391. The largest absolute Gasteiger partial charge is 0.291 e. The van der Waals surface area contributed by atoms with Crippen LogP contribution >= 0.6 is 0 Å². The van der Waals surface area contributed by atoms with Crippen molar-refractivity contribution in [3.63, 3.8) is 0 Å². The third-order valence-corrected chi connectivity index (χ3v) is 2.21. The lowest BCUT2D eigenvalue weighted by Crippen LogP contribution is -2.18. The van der Waals surface area contributed by atoms with Crippen molar-refractivity contribution in [2.75, 3.05) is 0 Å². The Kier molecular flexibility index (Phi) is 4.52. The zero-order valence-corrected chi connectivity index (χ0v) is 10.1. The Bertz CT molecular complexity index is 579. The normalized spacial score (nSPS) is 10.9. The molecule has 1 heterocycles. The van der Waals surface area contributed by atoms with Crippen molar-refractivity contribution < 1.29 is 4.79 Å². The molecular weight excluding hydrogens is 240 g/mol. The molecule has 2 rings (SSSR count). The number of aromatic nitrogens is 2. The number of hydrogen-bond donors (Lipinski definition) is 1. The monoisotopic (exact) mass is 252 g/mol. The summed E-state index contributed by atoms with van der Waals surface area (Å²) in [5.74, 6) is -0.391. The molecule has 0 aliphatic carbocycles. The number of carbonyl (C=O) groups is 1. The van der Waals surface area contributed by atoms with Crippen molar-refractivity contribution in [1.82, 2.24) is 15.4 Å². The van der Waals surface area contributed by atoms with Gasteiger partial charge in [-0.15, -0.1) is 0 Å². The number of allylic oxidation sites excluding steroid dienone is 1. The summed E-state index contributed by atoms with van der Waals surface area (Å²) in [5.41, 5.74) is 3.65. The molecule has 19 heavy (non-hydrogen) atoms. The molecule has 0 saturated carbocycles. The Labute approximate surface area is 110 Å². The van der Waals surface area contributed by atoms with Crippen LogP contribution in [0.2, 0.25) is 0 Å². The zero-order valence-electron chi connectivity index (χ0n) is 10.1. The van der Waals surface area contributed by atoms with Crippen molar-refractivity contribution in [3.05, 3.63) is 66.3 Å². The van der Waals surface area contributed by atoms with E-state index in [0.29, 0.717) is 0 Å². The summed E-state index contributed by atoms with van der Waals surface area (Å²) >= 11 is 0. The first kappa shape index (κ1) is 12.6. The van der Waals surface area contributed by atoms with E-state index in [9.17, 15) is 4.79 Å². The summed E-state index contributed by atoms with van der Waals surface area (Å²) in [7, 11) is 0. The summed E-state index contributed by atoms with van der Waals surface area (Å²) in [6, 6.07) is 9.80. The third-order valence-electron chi connectivity index (χ3n) is 2.21. The van der Waals surface area contributed by atoms with Crippen molar-refractivity contribution in [3.8, 4) is 0 Å². The van der Waals surface area contributed by atoms with Gasteiger partial charge in [-0.25, -0.2) is 10.4 Å². The standard InChI is InChI=1S/C14H12N4O/c19-14(13-11-15-9-10-16-13)18-17-8-4-7-12-5-2-1-3-6-12/h1-11H,(H,18,19)/b7-4+,17-8?. The molecule has 0 aliphatic rings. The van der Waals surface area contributed by atoms with E-state index in [1.165, 1.54) is 24.8 Å². The first-order valence-electron chi connectivity index (χ1n) is 5.67. The molecule has 0 spiro atoms. The Balaban J connectivity index is 1.84. The van der Waals surface area contributed by atoms with E-state index in [2.05, 4.69) is 20.5 Å². The second kappa shape index (κ2) is 6.80. The summed E-state index contributed by atoms with van der Waals surface area (Å²) in [5, 5.41) is 3.78. The van der Waals surface area contributed by atoms with Crippen molar-refractivity contribution in [1.29, 1.82) is 0 Å². The van der Waals surface area contributed by atoms with Crippen LogP contribution in [0.5, 0.6) is 0 Å². The number of rotatable bonds is 4. The van der Waals surface area contributed by atoms with Crippen LogP contribution in [-0.4, -0.2) is 22.1 Å². The van der Waals surface area contributed by atoms with E-state index in [-0.39, 0.29) is 5.69 Å². The van der Waals surface area contributed by atoms with Gasteiger partial charge in [0, 0.05) is 18.6 Å². The first-order chi connectivity index (χ1) is 9.36. The molecule has 0 bridgehead atoms. The molecule has 0 aliphatic heterocycles. The zero-order chi connectivity index (χ0) is 13.3. The number of amides is 1. The smallest absolute Gasteiger partial charge is 0.265 e. The topological polar surface area (TPSA) is 67.2 Å². The maximum atomic E-state index is 11.5. The molecule has 1 aromatic carbocycles. The average molecular weight is 252 g/mol. The molecule has 0 saturated heterocycles. The van der Waals surface area contributed by atoms with Gasteiger partial charge in [0.25, 0.3) is 5.91 Å². The summed E-state index contributed by atoms with van der Waals surface area (Å²) in [6.45, 7) is 0. The Morgan fingerprint density at radius 2 is 2.05 bits per heavy atom. The number of benzene rings is 1. The average Bonchev–Trinajstić information content (AvgIpc) is 2.49. The van der Waals surface area contributed by atoms with Gasteiger partial charge in [0.05, 0.1) is 6.20 Å². The lowest BCUT2D eigenvalue weighted by Gasteiger charge is -1.96. The first-order valence-corrected chi connectivity index (χ1v) is 5.67. The van der Waals surface area contributed by atoms with Crippen LogP contribution in [0.4, 0.5) is 0 Å². The Hall–Kier alpha value is -2.82. The molecule has 0 fully saturated rings. The van der Waals surface area contributed by atoms with Crippen molar-refractivity contribution in [2.24, 2.45) is 5.10 Å². The summed E-state index contributed by atoms with van der Waals surface area (Å²) in [4.78, 5) is 19.2. The highest BCUT2D eigenvalue weighted by molar-refractivity contribution is 5.92. The predicted molar refractivity (Wildman–Crippen MR) is 73.5 cm³/mol. The van der Waals surface area contributed by atoms with Gasteiger partial charge in [0.15, 0.2) is 0 Å². The number of carbonyl (C=O) groups excluding carboxylic acids is 1. The second-order valence-corrected chi connectivity index (χ2v) is 3.58. The van der Waals surface area contributed by atoms with E-state index in [1.54, 1.807) is 6.08 Å². The molecule has 5 heteroatoms. The molecule has 1 amide bonds. The minimum Gasteiger partial charge on any atom is -0.265 e. The molecule has 94 valence electrons. The van der Waals surface area contributed by atoms with Gasteiger partial charge in [-0.05, 0) is 11.6 Å². The highest BCUT2D eigenvalue weighted by Gasteiger charge is 2.03. The van der Waals surface area contributed by atoms with Gasteiger partial charge in [0.1, 0.15) is 5.69 Å². The lowest BCUT2D eigenvalue weighted by atomic mass is 10.2. The van der Waals surface area contributed by atoms with E-state index < -0.39 is 5.91 Å².